The Bertz CT molecular complexity index is 244. The monoisotopic (exact) mass is 168 g/mol. The molecule has 0 aliphatic heterocycles. The van der Waals surface area contributed by atoms with Crippen molar-refractivity contribution < 1.29 is 9.90 Å². The number of ketones is 1. The molecule has 2 saturated carbocycles. The zero-order valence-corrected chi connectivity index (χ0v) is 7.92. The zero-order chi connectivity index (χ0) is 9.15. The highest BCUT2D eigenvalue weighted by Gasteiger charge is 2.66. The number of aliphatic hydroxyl groups excluding tert-OH is 1. The van der Waals surface area contributed by atoms with Crippen LogP contribution < -0.4 is 0 Å². The molecule has 0 unspecified atom stereocenters. The van der Waals surface area contributed by atoms with Crippen LogP contribution in [0.1, 0.15) is 33.6 Å². The number of aliphatic hydroxyl groups is 1. The minimum absolute atomic E-state index is 0.00347. The molecule has 2 aliphatic carbocycles. The van der Waals surface area contributed by atoms with Crippen molar-refractivity contribution >= 4 is 5.78 Å². The average molecular weight is 168 g/mol. The predicted molar refractivity (Wildman–Crippen MR) is 45.6 cm³/mol. The molecule has 0 saturated heterocycles. The van der Waals surface area contributed by atoms with E-state index in [2.05, 4.69) is 13.8 Å². The summed E-state index contributed by atoms with van der Waals surface area (Å²) in [6.45, 7) is 6.14. The third-order valence-corrected chi connectivity index (χ3v) is 4.54. The maximum atomic E-state index is 11.6. The van der Waals surface area contributed by atoms with Gasteiger partial charge in [-0.2, -0.15) is 0 Å². The third-order valence-electron chi connectivity index (χ3n) is 4.54. The van der Waals surface area contributed by atoms with Gasteiger partial charge in [-0.1, -0.05) is 13.8 Å². The van der Waals surface area contributed by atoms with E-state index in [1.807, 2.05) is 6.92 Å². The van der Waals surface area contributed by atoms with Crippen LogP contribution in [0.25, 0.3) is 0 Å². The fourth-order valence-corrected chi connectivity index (χ4v) is 2.97. The Balaban J connectivity index is 2.51. The van der Waals surface area contributed by atoms with Crippen LogP contribution in [0.3, 0.4) is 0 Å². The summed E-state index contributed by atoms with van der Waals surface area (Å²) in [5, 5.41) is 9.76. The number of rotatable bonds is 0. The van der Waals surface area contributed by atoms with Gasteiger partial charge in [0.25, 0.3) is 0 Å². The maximum absolute atomic E-state index is 11.6. The second kappa shape index (κ2) is 1.92. The smallest absolute Gasteiger partial charge is 0.142 e. The molecule has 2 heteroatoms. The summed E-state index contributed by atoms with van der Waals surface area (Å²) in [5.41, 5.74) is -0.457. The predicted octanol–water partition coefficient (Wildman–Crippen LogP) is 1.37. The van der Waals surface area contributed by atoms with Crippen molar-refractivity contribution in [2.45, 2.75) is 39.7 Å². The van der Waals surface area contributed by atoms with Crippen LogP contribution in [0, 0.1) is 16.7 Å². The van der Waals surface area contributed by atoms with E-state index in [0.29, 0.717) is 12.3 Å². The lowest BCUT2D eigenvalue weighted by Crippen LogP contribution is -2.41. The standard InChI is InChI=1S/C10H16O2/c1-9(2)6-4-7(11)10(9,3)8(12)5-6/h6-7,11H,4-5H2,1-3H3/t6-,7-,10+/m1/s1. The van der Waals surface area contributed by atoms with Gasteiger partial charge in [0, 0.05) is 6.42 Å². The fraction of sp³-hybridized carbons (Fsp3) is 0.900. The van der Waals surface area contributed by atoms with Gasteiger partial charge in [0.2, 0.25) is 0 Å². The summed E-state index contributed by atoms with van der Waals surface area (Å²) < 4.78 is 0. The molecule has 0 heterocycles. The number of hydrogen-bond acceptors (Lipinski definition) is 2. The van der Waals surface area contributed by atoms with Crippen molar-refractivity contribution in [1.29, 1.82) is 0 Å². The van der Waals surface area contributed by atoms with Gasteiger partial charge >= 0.3 is 0 Å². The van der Waals surface area contributed by atoms with Crippen LogP contribution in [-0.2, 0) is 4.79 Å². The van der Waals surface area contributed by atoms with Gasteiger partial charge in [-0.25, -0.2) is 0 Å². The van der Waals surface area contributed by atoms with Gasteiger partial charge in [-0.05, 0) is 24.7 Å². The molecular formula is C10H16O2. The van der Waals surface area contributed by atoms with Gasteiger partial charge < -0.3 is 5.11 Å². The van der Waals surface area contributed by atoms with Crippen LogP contribution >= 0.6 is 0 Å². The number of hydrogen-bond donors (Lipinski definition) is 1. The first kappa shape index (κ1) is 8.24. The number of Topliss-reactive ketones (excluding diaryl/α,β-unsaturated/α-hetero) is 1. The van der Waals surface area contributed by atoms with Crippen molar-refractivity contribution in [1.82, 2.24) is 0 Å². The second-order valence-corrected chi connectivity index (χ2v) is 5.00. The van der Waals surface area contributed by atoms with Crippen molar-refractivity contribution in [2.24, 2.45) is 16.7 Å². The summed E-state index contributed by atoms with van der Waals surface area (Å²) in [4.78, 5) is 11.6. The highest BCUT2D eigenvalue weighted by molar-refractivity contribution is 5.90. The lowest BCUT2D eigenvalue weighted by atomic mass is 9.69. The van der Waals surface area contributed by atoms with Crippen LogP contribution in [0.4, 0.5) is 0 Å². The quantitative estimate of drug-likeness (QED) is 0.593. The molecule has 0 spiro atoms. The van der Waals surface area contributed by atoms with Gasteiger partial charge in [-0.15, -0.1) is 0 Å². The van der Waals surface area contributed by atoms with E-state index in [1.165, 1.54) is 0 Å². The Morgan fingerprint density at radius 3 is 2.25 bits per heavy atom. The van der Waals surface area contributed by atoms with Crippen LogP contribution in [0.2, 0.25) is 0 Å². The van der Waals surface area contributed by atoms with E-state index in [0.717, 1.165) is 6.42 Å². The van der Waals surface area contributed by atoms with Crippen molar-refractivity contribution in [3.63, 3.8) is 0 Å². The molecule has 0 aromatic rings. The molecule has 2 aliphatic rings. The van der Waals surface area contributed by atoms with E-state index in [9.17, 15) is 9.90 Å². The van der Waals surface area contributed by atoms with Crippen molar-refractivity contribution in [2.75, 3.05) is 0 Å². The third kappa shape index (κ3) is 0.598. The Morgan fingerprint density at radius 2 is 2.00 bits per heavy atom. The Morgan fingerprint density at radius 1 is 1.42 bits per heavy atom. The molecule has 0 aromatic heterocycles. The highest BCUT2D eigenvalue weighted by atomic mass is 16.3. The van der Waals surface area contributed by atoms with Gasteiger partial charge in [0.1, 0.15) is 5.78 Å². The Labute approximate surface area is 73.0 Å². The normalized spacial score (nSPS) is 50.2. The lowest BCUT2D eigenvalue weighted by molar-refractivity contribution is -0.135. The van der Waals surface area contributed by atoms with Crippen LogP contribution in [0.5, 0.6) is 0 Å². The summed E-state index contributed by atoms with van der Waals surface area (Å²) in [7, 11) is 0. The molecule has 0 amide bonds. The number of carbonyl (C=O) groups is 1. The topological polar surface area (TPSA) is 37.3 Å². The molecule has 2 fully saturated rings. The Kier molecular flexibility index (Phi) is 1.32. The van der Waals surface area contributed by atoms with E-state index in [4.69, 9.17) is 0 Å². The van der Waals surface area contributed by atoms with E-state index in [1.54, 1.807) is 0 Å². The molecule has 0 aromatic carbocycles. The molecule has 2 bridgehead atoms. The summed E-state index contributed by atoms with van der Waals surface area (Å²) in [6.07, 6.45) is 1.09. The molecular weight excluding hydrogens is 152 g/mol. The summed E-state index contributed by atoms with van der Waals surface area (Å²) in [6, 6.07) is 0. The molecule has 2 rings (SSSR count). The van der Waals surface area contributed by atoms with E-state index >= 15 is 0 Å². The van der Waals surface area contributed by atoms with Crippen molar-refractivity contribution in [3.8, 4) is 0 Å². The van der Waals surface area contributed by atoms with E-state index < -0.39 is 11.5 Å². The summed E-state index contributed by atoms with van der Waals surface area (Å²) in [5.74, 6) is 0.668. The number of carbonyl (C=O) groups excluding carboxylic acids is 1. The van der Waals surface area contributed by atoms with Crippen LogP contribution in [0.15, 0.2) is 0 Å². The summed E-state index contributed by atoms with van der Waals surface area (Å²) >= 11 is 0. The SMILES string of the molecule is CC1(C)[C@H]2CC(=O)[C@]1(C)[C@H](O)C2. The molecule has 2 nitrogen and oxygen atoms in total. The second-order valence-electron chi connectivity index (χ2n) is 5.00. The van der Waals surface area contributed by atoms with E-state index in [-0.39, 0.29) is 11.2 Å². The van der Waals surface area contributed by atoms with Gasteiger partial charge in [0.05, 0.1) is 11.5 Å². The molecule has 1 N–H and O–H groups in total. The minimum atomic E-state index is -0.461. The van der Waals surface area contributed by atoms with Crippen molar-refractivity contribution in [3.05, 3.63) is 0 Å². The maximum Gasteiger partial charge on any atom is 0.142 e. The lowest BCUT2D eigenvalue weighted by Gasteiger charge is -2.34. The molecule has 3 atom stereocenters. The first-order valence-corrected chi connectivity index (χ1v) is 4.62. The average Bonchev–Trinajstić information content (AvgIpc) is 2.20. The number of fused-ring (bicyclic) bond motifs is 2. The first-order valence-electron chi connectivity index (χ1n) is 4.62. The minimum Gasteiger partial charge on any atom is -0.392 e. The fourth-order valence-electron chi connectivity index (χ4n) is 2.97. The molecule has 12 heavy (non-hydrogen) atoms. The van der Waals surface area contributed by atoms with Gasteiger partial charge in [-0.3, -0.25) is 4.79 Å². The zero-order valence-electron chi connectivity index (χ0n) is 7.92. The molecule has 68 valence electrons. The first-order chi connectivity index (χ1) is 5.40. The van der Waals surface area contributed by atoms with Gasteiger partial charge in [0.15, 0.2) is 0 Å². The highest BCUT2D eigenvalue weighted by Crippen LogP contribution is 2.63. The largest absolute Gasteiger partial charge is 0.392 e. The molecule has 0 radical (unpaired) electrons. The van der Waals surface area contributed by atoms with Crippen LogP contribution in [-0.4, -0.2) is 17.0 Å². The Hall–Kier alpha value is -0.370.